The Morgan fingerprint density at radius 3 is 2.12 bits per heavy atom. The number of nitrogens with one attached hydrogen (secondary N) is 1. The van der Waals surface area contributed by atoms with Crippen LogP contribution in [0.4, 0.5) is 0 Å². The van der Waals surface area contributed by atoms with Crippen molar-refractivity contribution in [3.8, 4) is 5.75 Å². The van der Waals surface area contributed by atoms with E-state index in [0.29, 0.717) is 11.5 Å². The van der Waals surface area contributed by atoms with Gasteiger partial charge in [0.05, 0.1) is 12.1 Å². The van der Waals surface area contributed by atoms with E-state index in [9.17, 15) is 4.79 Å². The molecule has 128 valence electrons. The molecule has 0 aromatic heterocycles. The van der Waals surface area contributed by atoms with E-state index in [2.05, 4.69) is 31.3 Å². The number of ether oxygens (including phenoxy) is 1. The van der Waals surface area contributed by atoms with Crippen LogP contribution in [-0.4, -0.2) is 12.0 Å². The smallest absolute Gasteiger partial charge is 0.251 e. The molecule has 1 amide bonds. The van der Waals surface area contributed by atoms with Crippen LogP contribution in [0.25, 0.3) is 0 Å². The summed E-state index contributed by atoms with van der Waals surface area (Å²) in [7, 11) is 0. The van der Waals surface area contributed by atoms with Crippen LogP contribution in [0, 0.1) is 5.92 Å². The van der Waals surface area contributed by atoms with Gasteiger partial charge >= 0.3 is 0 Å². The molecule has 0 saturated carbocycles. The van der Waals surface area contributed by atoms with Gasteiger partial charge in [0.15, 0.2) is 0 Å². The van der Waals surface area contributed by atoms with Crippen LogP contribution in [0.2, 0.25) is 0 Å². The van der Waals surface area contributed by atoms with Gasteiger partial charge < -0.3 is 10.1 Å². The summed E-state index contributed by atoms with van der Waals surface area (Å²) < 4.78 is 5.62. The second-order valence-corrected chi connectivity index (χ2v) is 6.76. The van der Waals surface area contributed by atoms with Crippen molar-refractivity contribution in [2.75, 3.05) is 0 Å². The summed E-state index contributed by atoms with van der Waals surface area (Å²) in [5, 5.41) is 3.16. The van der Waals surface area contributed by atoms with E-state index in [1.54, 1.807) is 0 Å². The highest BCUT2D eigenvalue weighted by molar-refractivity contribution is 5.94. The summed E-state index contributed by atoms with van der Waals surface area (Å²) in [6.07, 6.45) is 1.03. The minimum absolute atomic E-state index is 0.0188. The van der Waals surface area contributed by atoms with Gasteiger partial charge in [0.2, 0.25) is 0 Å². The lowest BCUT2D eigenvalue weighted by molar-refractivity contribution is 0.0932. The molecule has 0 radical (unpaired) electrons. The van der Waals surface area contributed by atoms with Gasteiger partial charge in [-0.05, 0) is 56.0 Å². The van der Waals surface area contributed by atoms with Gasteiger partial charge in [-0.1, -0.05) is 44.2 Å². The minimum Gasteiger partial charge on any atom is -0.491 e. The average Bonchev–Trinajstić information content (AvgIpc) is 2.54. The van der Waals surface area contributed by atoms with Gasteiger partial charge in [0.25, 0.3) is 5.91 Å². The third-order valence-corrected chi connectivity index (χ3v) is 3.70. The molecule has 0 fully saturated rings. The maximum absolute atomic E-state index is 12.6. The van der Waals surface area contributed by atoms with Crippen LogP contribution in [0.5, 0.6) is 5.75 Å². The molecule has 3 nitrogen and oxygen atoms in total. The molecular weight excluding hydrogens is 298 g/mol. The molecule has 0 spiro atoms. The molecule has 3 heteroatoms. The lowest BCUT2D eigenvalue weighted by Crippen LogP contribution is -2.29. The Labute approximate surface area is 145 Å². The normalized spacial score (nSPS) is 12.2. The quantitative estimate of drug-likeness (QED) is 0.778. The van der Waals surface area contributed by atoms with Gasteiger partial charge in [-0.15, -0.1) is 0 Å². The highest BCUT2D eigenvalue weighted by atomic mass is 16.5. The first-order valence-corrected chi connectivity index (χ1v) is 8.58. The highest BCUT2D eigenvalue weighted by Crippen LogP contribution is 2.22. The van der Waals surface area contributed by atoms with Crippen LogP contribution in [0.3, 0.4) is 0 Å². The molecule has 2 rings (SSSR count). The van der Waals surface area contributed by atoms with E-state index in [1.165, 1.54) is 0 Å². The molecule has 24 heavy (non-hydrogen) atoms. The zero-order chi connectivity index (χ0) is 17.5. The SMILES string of the molecule is CC(C)C[C@H](NC(=O)c1ccc(OC(C)C)cc1)c1ccccc1. The summed E-state index contributed by atoms with van der Waals surface area (Å²) in [5.74, 6) is 1.22. The lowest BCUT2D eigenvalue weighted by Gasteiger charge is -2.21. The Morgan fingerprint density at radius 2 is 1.58 bits per heavy atom. The Hall–Kier alpha value is -2.29. The second kappa shape index (κ2) is 8.53. The summed E-state index contributed by atoms with van der Waals surface area (Å²) in [5.41, 5.74) is 1.79. The highest BCUT2D eigenvalue weighted by Gasteiger charge is 2.17. The minimum atomic E-state index is -0.0550. The maximum Gasteiger partial charge on any atom is 0.251 e. The third-order valence-electron chi connectivity index (χ3n) is 3.70. The van der Waals surface area contributed by atoms with Gasteiger partial charge in [-0.3, -0.25) is 4.79 Å². The predicted molar refractivity (Wildman–Crippen MR) is 98.3 cm³/mol. The Balaban J connectivity index is 2.09. The van der Waals surface area contributed by atoms with Crippen LogP contribution < -0.4 is 10.1 Å². The van der Waals surface area contributed by atoms with E-state index in [4.69, 9.17) is 4.74 Å². The molecule has 1 N–H and O–H groups in total. The first-order valence-electron chi connectivity index (χ1n) is 8.58. The number of carbonyl (C=O) groups is 1. The molecule has 0 aliphatic carbocycles. The monoisotopic (exact) mass is 325 g/mol. The molecule has 0 bridgehead atoms. The zero-order valence-electron chi connectivity index (χ0n) is 15.0. The number of benzene rings is 2. The summed E-state index contributed by atoms with van der Waals surface area (Å²) >= 11 is 0. The van der Waals surface area contributed by atoms with E-state index in [1.807, 2.05) is 56.3 Å². The fraction of sp³-hybridized carbons (Fsp3) is 0.381. The van der Waals surface area contributed by atoms with Crippen LogP contribution >= 0.6 is 0 Å². The molecule has 0 heterocycles. The number of hydrogen-bond acceptors (Lipinski definition) is 2. The van der Waals surface area contributed by atoms with Gasteiger partial charge in [-0.25, -0.2) is 0 Å². The average molecular weight is 325 g/mol. The summed E-state index contributed by atoms with van der Waals surface area (Å²) in [6, 6.07) is 17.5. The second-order valence-electron chi connectivity index (χ2n) is 6.76. The van der Waals surface area contributed by atoms with Crippen molar-refractivity contribution >= 4 is 5.91 Å². The first-order chi connectivity index (χ1) is 11.5. The number of rotatable bonds is 7. The Morgan fingerprint density at radius 1 is 0.958 bits per heavy atom. The van der Waals surface area contributed by atoms with Gasteiger partial charge in [0, 0.05) is 5.56 Å². The fourth-order valence-corrected chi connectivity index (χ4v) is 2.63. The molecule has 1 atom stereocenters. The number of carbonyl (C=O) groups excluding carboxylic acids is 1. The van der Waals surface area contributed by atoms with Crippen LogP contribution in [0.15, 0.2) is 54.6 Å². The molecule has 2 aromatic carbocycles. The third kappa shape index (κ3) is 5.41. The van der Waals surface area contributed by atoms with Crippen molar-refractivity contribution in [2.24, 2.45) is 5.92 Å². The van der Waals surface area contributed by atoms with Crippen LogP contribution in [-0.2, 0) is 0 Å². The van der Waals surface area contributed by atoms with Crippen molar-refractivity contribution in [3.63, 3.8) is 0 Å². The number of amides is 1. The Kier molecular flexibility index (Phi) is 6.42. The van der Waals surface area contributed by atoms with Crippen LogP contribution in [0.1, 0.15) is 56.1 Å². The largest absolute Gasteiger partial charge is 0.491 e. The lowest BCUT2D eigenvalue weighted by atomic mass is 9.96. The fourth-order valence-electron chi connectivity index (χ4n) is 2.63. The predicted octanol–water partition coefficient (Wildman–Crippen LogP) is 4.99. The number of hydrogen-bond donors (Lipinski definition) is 1. The van der Waals surface area contributed by atoms with E-state index in [0.717, 1.165) is 17.7 Å². The molecule has 0 saturated heterocycles. The van der Waals surface area contributed by atoms with E-state index in [-0.39, 0.29) is 18.1 Å². The van der Waals surface area contributed by atoms with Gasteiger partial charge in [-0.2, -0.15) is 0 Å². The standard InChI is InChI=1S/C21H27NO2/c1-15(2)14-20(17-8-6-5-7-9-17)22-21(23)18-10-12-19(13-11-18)24-16(3)4/h5-13,15-16,20H,14H2,1-4H3,(H,22,23)/t20-/m0/s1. The van der Waals surface area contributed by atoms with E-state index >= 15 is 0 Å². The van der Waals surface area contributed by atoms with Crippen molar-refractivity contribution in [3.05, 3.63) is 65.7 Å². The van der Waals surface area contributed by atoms with Crippen molar-refractivity contribution in [1.29, 1.82) is 0 Å². The topological polar surface area (TPSA) is 38.3 Å². The Bertz CT molecular complexity index is 633. The molecule has 0 unspecified atom stereocenters. The maximum atomic E-state index is 12.6. The van der Waals surface area contributed by atoms with Crippen molar-refractivity contribution < 1.29 is 9.53 Å². The summed E-state index contributed by atoms with van der Waals surface area (Å²) in [6.45, 7) is 8.30. The van der Waals surface area contributed by atoms with Crippen molar-refractivity contribution in [2.45, 2.75) is 46.3 Å². The zero-order valence-corrected chi connectivity index (χ0v) is 15.0. The van der Waals surface area contributed by atoms with Crippen molar-refractivity contribution in [1.82, 2.24) is 5.32 Å². The molecular formula is C21H27NO2. The van der Waals surface area contributed by atoms with E-state index < -0.39 is 0 Å². The summed E-state index contributed by atoms with van der Waals surface area (Å²) in [4.78, 5) is 12.6. The molecule has 0 aliphatic rings. The first kappa shape index (κ1) is 18.1. The molecule has 2 aromatic rings. The molecule has 0 aliphatic heterocycles. The van der Waals surface area contributed by atoms with Gasteiger partial charge in [0.1, 0.15) is 5.75 Å².